The fourth-order valence-electron chi connectivity index (χ4n) is 3.42. The number of fused-ring (bicyclic) bond motifs is 1. The van der Waals surface area contributed by atoms with E-state index in [2.05, 4.69) is 29.6 Å². The minimum Gasteiger partial charge on any atom is -0.338 e. The maximum atomic E-state index is 13.2. The van der Waals surface area contributed by atoms with E-state index in [1.54, 1.807) is 12.1 Å². The molecule has 1 aliphatic rings. The summed E-state index contributed by atoms with van der Waals surface area (Å²) >= 11 is 0. The molecule has 0 bridgehead atoms. The molecule has 6 heteroatoms. The van der Waals surface area contributed by atoms with E-state index in [4.69, 9.17) is 0 Å². The first-order chi connectivity index (χ1) is 11.9. The smallest absolute Gasteiger partial charge is 0.315 e. The zero-order valence-electron chi connectivity index (χ0n) is 15.0. The molecule has 0 aliphatic heterocycles. The van der Waals surface area contributed by atoms with Crippen LogP contribution in [0.5, 0.6) is 0 Å². The van der Waals surface area contributed by atoms with Gasteiger partial charge in [0, 0.05) is 12.1 Å². The highest BCUT2D eigenvalue weighted by Gasteiger charge is 2.36. The summed E-state index contributed by atoms with van der Waals surface area (Å²) in [6.07, 6.45) is 4.43. The molecule has 0 saturated carbocycles. The van der Waals surface area contributed by atoms with E-state index in [0.29, 0.717) is 6.54 Å². The summed E-state index contributed by atoms with van der Waals surface area (Å²) in [6, 6.07) is 6.09. The minimum atomic E-state index is -0.266. The highest BCUT2D eigenvalue weighted by Crippen LogP contribution is 2.41. The van der Waals surface area contributed by atoms with Gasteiger partial charge >= 0.3 is 6.03 Å². The number of benzene rings is 1. The molecular weight excluding hydrogens is 319 g/mol. The number of hydrogen-bond acceptors (Lipinski definition) is 2. The van der Waals surface area contributed by atoms with Crippen molar-refractivity contribution in [3.8, 4) is 5.69 Å². The van der Waals surface area contributed by atoms with Crippen molar-refractivity contribution in [2.45, 2.75) is 46.1 Å². The van der Waals surface area contributed by atoms with Crippen LogP contribution in [-0.2, 0) is 6.42 Å². The van der Waals surface area contributed by atoms with Crippen LogP contribution in [0.15, 0.2) is 30.5 Å². The molecule has 1 aromatic heterocycles. The van der Waals surface area contributed by atoms with E-state index in [0.717, 1.165) is 36.2 Å². The van der Waals surface area contributed by atoms with Gasteiger partial charge in [0.2, 0.25) is 0 Å². The largest absolute Gasteiger partial charge is 0.338 e. The van der Waals surface area contributed by atoms with Crippen LogP contribution in [0.1, 0.15) is 50.9 Å². The molecule has 3 rings (SSSR count). The van der Waals surface area contributed by atoms with Crippen LogP contribution in [0.25, 0.3) is 5.69 Å². The lowest BCUT2D eigenvalue weighted by molar-refractivity contribution is 0.221. The van der Waals surface area contributed by atoms with Gasteiger partial charge < -0.3 is 10.6 Å². The van der Waals surface area contributed by atoms with Crippen LogP contribution in [0.3, 0.4) is 0 Å². The molecule has 1 aromatic carbocycles. The average Bonchev–Trinajstić information content (AvgIpc) is 2.96. The fourth-order valence-corrected chi connectivity index (χ4v) is 3.42. The zero-order valence-corrected chi connectivity index (χ0v) is 15.0. The molecule has 2 amide bonds. The lowest BCUT2D eigenvalue weighted by atomic mass is 9.74. The average molecular weight is 344 g/mol. The lowest BCUT2D eigenvalue weighted by Gasteiger charge is -2.36. The molecule has 5 nitrogen and oxygen atoms in total. The predicted octanol–water partition coefficient (Wildman–Crippen LogP) is 3.73. The second-order valence-corrected chi connectivity index (χ2v) is 7.43. The number of rotatable bonds is 4. The number of amides is 2. The van der Waals surface area contributed by atoms with Crippen LogP contribution < -0.4 is 10.6 Å². The Bertz CT molecular complexity index is 751. The van der Waals surface area contributed by atoms with Crippen molar-refractivity contribution < 1.29 is 9.18 Å². The molecular formula is C19H25FN4O. The Morgan fingerprint density at radius 1 is 1.36 bits per heavy atom. The van der Waals surface area contributed by atoms with Gasteiger partial charge in [-0.1, -0.05) is 20.8 Å². The van der Waals surface area contributed by atoms with E-state index in [9.17, 15) is 9.18 Å². The monoisotopic (exact) mass is 344 g/mol. The Morgan fingerprint density at radius 3 is 2.76 bits per heavy atom. The highest BCUT2D eigenvalue weighted by atomic mass is 19.1. The molecule has 25 heavy (non-hydrogen) atoms. The molecule has 0 fully saturated rings. The molecule has 1 heterocycles. The number of hydrogen-bond donors (Lipinski definition) is 2. The van der Waals surface area contributed by atoms with Crippen molar-refractivity contribution >= 4 is 6.03 Å². The van der Waals surface area contributed by atoms with E-state index in [1.807, 2.05) is 17.8 Å². The normalized spacial score (nSPS) is 18.5. The molecule has 2 aromatic rings. The molecule has 1 aliphatic carbocycles. The first kappa shape index (κ1) is 17.5. The predicted molar refractivity (Wildman–Crippen MR) is 95.2 cm³/mol. The van der Waals surface area contributed by atoms with Gasteiger partial charge in [-0.15, -0.1) is 0 Å². The van der Waals surface area contributed by atoms with Gasteiger partial charge in [0.05, 0.1) is 23.6 Å². The third-order valence-corrected chi connectivity index (χ3v) is 4.59. The van der Waals surface area contributed by atoms with Crippen LogP contribution in [0, 0.1) is 11.2 Å². The maximum Gasteiger partial charge on any atom is 0.315 e. The van der Waals surface area contributed by atoms with Crippen LogP contribution in [-0.4, -0.2) is 22.4 Å². The maximum absolute atomic E-state index is 13.2. The van der Waals surface area contributed by atoms with Gasteiger partial charge in [0.1, 0.15) is 5.82 Å². The SMILES string of the molecule is CCCNC(=O)N[C@H]1CC(C)(C)Cc2c1cnn2-c1ccc(F)cc1. The standard InChI is InChI=1S/C19H25FN4O/c1-4-9-21-18(25)23-16-10-19(2,3)11-17-15(16)12-22-24(17)14-7-5-13(20)6-8-14/h5-8,12,16H,4,9-11H2,1-3H3,(H2,21,23,25)/t16-/m0/s1. The van der Waals surface area contributed by atoms with Gasteiger partial charge in [0.15, 0.2) is 0 Å². The number of carbonyl (C=O) groups is 1. The zero-order chi connectivity index (χ0) is 18.0. The van der Waals surface area contributed by atoms with E-state index >= 15 is 0 Å². The van der Waals surface area contributed by atoms with Crippen molar-refractivity contribution in [3.63, 3.8) is 0 Å². The number of nitrogens with zero attached hydrogens (tertiary/aromatic N) is 2. The van der Waals surface area contributed by atoms with Gasteiger partial charge in [-0.2, -0.15) is 5.10 Å². The summed E-state index contributed by atoms with van der Waals surface area (Å²) in [5.41, 5.74) is 2.97. The summed E-state index contributed by atoms with van der Waals surface area (Å²) in [4.78, 5) is 12.1. The van der Waals surface area contributed by atoms with Crippen LogP contribution in [0.4, 0.5) is 9.18 Å². The first-order valence-corrected chi connectivity index (χ1v) is 8.77. The van der Waals surface area contributed by atoms with Gasteiger partial charge in [-0.05, 0) is 48.9 Å². The third kappa shape index (κ3) is 3.83. The van der Waals surface area contributed by atoms with Gasteiger partial charge in [-0.25, -0.2) is 13.9 Å². The third-order valence-electron chi connectivity index (χ3n) is 4.59. The van der Waals surface area contributed by atoms with Crippen molar-refractivity contribution in [2.24, 2.45) is 5.41 Å². The Kier molecular flexibility index (Phi) is 4.79. The number of carbonyl (C=O) groups excluding carboxylic acids is 1. The number of urea groups is 1. The van der Waals surface area contributed by atoms with Crippen LogP contribution in [0.2, 0.25) is 0 Å². The Balaban J connectivity index is 1.90. The lowest BCUT2D eigenvalue weighted by Crippen LogP contribution is -2.42. The molecule has 0 spiro atoms. The van der Waals surface area contributed by atoms with Crippen molar-refractivity contribution in [3.05, 3.63) is 47.5 Å². The van der Waals surface area contributed by atoms with Crippen LogP contribution >= 0.6 is 0 Å². The van der Waals surface area contributed by atoms with E-state index in [1.165, 1.54) is 12.1 Å². The fraction of sp³-hybridized carbons (Fsp3) is 0.474. The van der Waals surface area contributed by atoms with E-state index < -0.39 is 0 Å². The molecule has 0 radical (unpaired) electrons. The van der Waals surface area contributed by atoms with Crippen molar-refractivity contribution in [2.75, 3.05) is 6.54 Å². The summed E-state index contributed by atoms with van der Waals surface area (Å²) in [5, 5.41) is 10.4. The Labute approximate surface area is 147 Å². The van der Waals surface area contributed by atoms with Gasteiger partial charge in [0.25, 0.3) is 0 Å². The minimum absolute atomic E-state index is 0.0352. The first-order valence-electron chi connectivity index (χ1n) is 8.77. The quantitative estimate of drug-likeness (QED) is 0.888. The molecule has 134 valence electrons. The molecule has 0 saturated heterocycles. The Morgan fingerprint density at radius 2 is 2.08 bits per heavy atom. The summed E-state index contributed by atoms with van der Waals surface area (Å²) < 4.78 is 15.1. The molecule has 2 N–H and O–H groups in total. The second-order valence-electron chi connectivity index (χ2n) is 7.43. The summed E-state index contributed by atoms with van der Waals surface area (Å²) in [7, 11) is 0. The number of halogens is 1. The van der Waals surface area contributed by atoms with E-state index in [-0.39, 0.29) is 23.3 Å². The summed E-state index contributed by atoms with van der Waals surface area (Å²) in [5.74, 6) is -0.266. The summed E-state index contributed by atoms with van der Waals surface area (Å²) in [6.45, 7) is 7.06. The highest BCUT2D eigenvalue weighted by molar-refractivity contribution is 5.74. The Hall–Kier alpha value is -2.37. The molecule has 0 unspecified atom stereocenters. The van der Waals surface area contributed by atoms with Crippen molar-refractivity contribution in [1.82, 2.24) is 20.4 Å². The molecule has 1 atom stereocenters. The number of aromatic nitrogens is 2. The van der Waals surface area contributed by atoms with Crippen molar-refractivity contribution in [1.29, 1.82) is 0 Å². The van der Waals surface area contributed by atoms with Gasteiger partial charge in [-0.3, -0.25) is 0 Å². The second kappa shape index (κ2) is 6.86. The number of nitrogens with one attached hydrogen (secondary N) is 2. The topological polar surface area (TPSA) is 59.0 Å².